The Kier molecular flexibility index (Phi) is 8.37. The van der Waals surface area contributed by atoms with Crippen LogP contribution in [-0.2, 0) is 22.7 Å². The number of amides is 2. The molecule has 0 radical (unpaired) electrons. The Morgan fingerprint density at radius 1 is 0.774 bits per heavy atom. The largest absolute Gasteiger partial charge is 0.488 e. The fraction of sp³-hybridized carbons (Fsp3) is 0.160. The van der Waals surface area contributed by atoms with E-state index in [1.54, 1.807) is 0 Å². The van der Waals surface area contributed by atoms with Gasteiger partial charge in [-0.25, -0.2) is 5.43 Å². The standard InChI is InChI=1S/C25H25N3O3/c29-24(26-17-20-9-3-1-4-10-20)15-16-25(30)28-27-18-22-13-7-8-14-23(22)31-19-21-11-5-2-6-12-21/h1-14,18H,15-17,19H2,(H,26,29)(H,28,30). The Hall–Kier alpha value is -3.93. The van der Waals surface area contributed by atoms with Gasteiger partial charge in [0.1, 0.15) is 12.4 Å². The molecule has 3 aromatic rings. The van der Waals surface area contributed by atoms with Crippen LogP contribution in [0, 0.1) is 0 Å². The van der Waals surface area contributed by atoms with E-state index in [0.29, 0.717) is 18.9 Å². The molecule has 0 saturated carbocycles. The number of ether oxygens (including phenoxy) is 1. The van der Waals surface area contributed by atoms with Crippen LogP contribution in [0.5, 0.6) is 5.75 Å². The Morgan fingerprint density at radius 2 is 1.39 bits per heavy atom. The first-order valence-corrected chi connectivity index (χ1v) is 10.1. The first-order chi connectivity index (χ1) is 15.2. The second-order valence-electron chi connectivity index (χ2n) is 6.87. The maximum absolute atomic E-state index is 12.0. The number of benzene rings is 3. The minimum atomic E-state index is -0.325. The van der Waals surface area contributed by atoms with Crippen molar-refractivity contribution in [3.05, 3.63) is 102 Å². The molecule has 3 aromatic carbocycles. The van der Waals surface area contributed by atoms with Crippen LogP contribution in [0.4, 0.5) is 0 Å². The van der Waals surface area contributed by atoms with Crippen LogP contribution in [0.1, 0.15) is 29.5 Å². The molecule has 2 amide bonds. The lowest BCUT2D eigenvalue weighted by Crippen LogP contribution is -2.25. The highest BCUT2D eigenvalue weighted by atomic mass is 16.5. The molecule has 0 aliphatic heterocycles. The van der Waals surface area contributed by atoms with Gasteiger partial charge in [-0.15, -0.1) is 0 Å². The summed E-state index contributed by atoms with van der Waals surface area (Å²) in [5.74, 6) is 0.168. The predicted octanol–water partition coefficient (Wildman–Crippen LogP) is 3.81. The van der Waals surface area contributed by atoms with E-state index in [-0.39, 0.29) is 24.7 Å². The van der Waals surface area contributed by atoms with Gasteiger partial charge in [0.05, 0.1) is 6.21 Å². The maximum Gasteiger partial charge on any atom is 0.240 e. The quantitative estimate of drug-likeness (QED) is 0.390. The molecule has 3 rings (SSSR count). The summed E-state index contributed by atoms with van der Waals surface area (Å²) < 4.78 is 5.87. The van der Waals surface area contributed by atoms with Crippen LogP contribution in [0.15, 0.2) is 90.0 Å². The monoisotopic (exact) mass is 415 g/mol. The van der Waals surface area contributed by atoms with Gasteiger partial charge in [0.15, 0.2) is 0 Å². The first kappa shape index (κ1) is 21.8. The van der Waals surface area contributed by atoms with Crippen molar-refractivity contribution in [2.24, 2.45) is 5.10 Å². The van der Waals surface area contributed by atoms with E-state index < -0.39 is 0 Å². The lowest BCUT2D eigenvalue weighted by molar-refractivity contribution is -0.126. The molecule has 0 saturated heterocycles. The molecule has 0 unspecified atom stereocenters. The SMILES string of the molecule is O=C(CCC(=O)NN=Cc1ccccc1OCc1ccccc1)NCc1ccccc1. The summed E-state index contributed by atoms with van der Waals surface area (Å²) in [4.78, 5) is 23.9. The Bertz CT molecular complexity index is 1000. The predicted molar refractivity (Wildman–Crippen MR) is 120 cm³/mol. The molecule has 0 heterocycles. The Morgan fingerprint density at radius 3 is 2.13 bits per heavy atom. The second-order valence-corrected chi connectivity index (χ2v) is 6.87. The molecule has 158 valence electrons. The molecule has 2 N–H and O–H groups in total. The van der Waals surface area contributed by atoms with Crippen molar-refractivity contribution in [3.63, 3.8) is 0 Å². The summed E-state index contributed by atoms with van der Waals surface area (Å²) >= 11 is 0. The van der Waals surface area contributed by atoms with Crippen LogP contribution >= 0.6 is 0 Å². The Balaban J connectivity index is 1.41. The van der Waals surface area contributed by atoms with Gasteiger partial charge in [-0.1, -0.05) is 72.8 Å². The van der Waals surface area contributed by atoms with E-state index in [0.717, 1.165) is 16.7 Å². The van der Waals surface area contributed by atoms with Gasteiger partial charge in [-0.05, 0) is 23.3 Å². The van der Waals surface area contributed by atoms with Crippen molar-refractivity contribution in [1.29, 1.82) is 0 Å². The molecular weight excluding hydrogens is 390 g/mol. The number of carbonyl (C=O) groups excluding carboxylic acids is 2. The number of para-hydroxylation sites is 1. The molecule has 6 nitrogen and oxygen atoms in total. The fourth-order valence-electron chi connectivity index (χ4n) is 2.80. The third-order valence-corrected chi connectivity index (χ3v) is 4.46. The minimum absolute atomic E-state index is 0.0596. The molecule has 0 fully saturated rings. The molecule has 31 heavy (non-hydrogen) atoms. The van der Waals surface area contributed by atoms with Crippen LogP contribution in [0.25, 0.3) is 0 Å². The van der Waals surface area contributed by atoms with E-state index in [2.05, 4.69) is 15.8 Å². The van der Waals surface area contributed by atoms with Gasteiger partial charge in [-0.2, -0.15) is 5.10 Å². The third-order valence-electron chi connectivity index (χ3n) is 4.46. The summed E-state index contributed by atoms with van der Waals surface area (Å²) in [6, 6.07) is 26.9. The van der Waals surface area contributed by atoms with Gasteiger partial charge >= 0.3 is 0 Å². The molecular formula is C25H25N3O3. The van der Waals surface area contributed by atoms with Gasteiger partial charge in [0.25, 0.3) is 0 Å². The highest BCUT2D eigenvalue weighted by molar-refractivity contribution is 5.86. The van der Waals surface area contributed by atoms with Crippen LogP contribution in [0.3, 0.4) is 0 Å². The molecule has 0 aliphatic carbocycles. The van der Waals surface area contributed by atoms with Crippen molar-refractivity contribution in [2.75, 3.05) is 0 Å². The normalized spacial score (nSPS) is 10.6. The summed E-state index contributed by atoms with van der Waals surface area (Å²) in [6.07, 6.45) is 1.70. The zero-order chi connectivity index (χ0) is 21.7. The van der Waals surface area contributed by atoms with Crippen molar-refractivity contribution in [1.82, 2.24) is 10.7 Å². The number of hydrogen-bond donors (Lipinski definition) is 2. The van der Waals surface area contributed by atoms with Crippen LogP contribution < -0.4 is 15.5 Å². The number of carbonyl (C=O) groups is 2. The molecule has 0 aliphatic rings. The fourth-order valence-corrected chi connectivity index (χ4v) is 2.80. The maximum atomic E-state index is 12.0. The number of hydrazone groups is 1. The van der Waals surface area contributed by atoms with Gasteiger partial charge in [0, 0.05) is 24.9 Å². The lowest BCUT2D eigenvalue weighted by Gasteiger charge is -2.09. The van der Waals surface area contributed by atoms with Crippen molar-refractivity contribution in [2.45, 2.75) is 26.0 Å². The van der Waals surface area contributed by atoms with E-state index in [9.17, 15) is 9.59 Å². The number of hydrogen-bond acceptors (Lipinski definition) is 4. The van der Waals surface area contributed by atoms with Crippen LogP contribution in [0.2, 0.25) is 0 Å². The Labute approximate surface area is 182 Å². The highest BCUT2D eigenvalue weighted by Gasteiger charge is 2.06. The van der Waals surface area contributed by atoms with Gasteiger partial charge in [0.2, 0.25) is 11.8 Å². The lowest BCUT2D eigenvalue weighted by atomic mass is 10.2. The molecule has 0 atom stereocenters. The molecule has 0 spiro atoms. The summed E-state index contributed by atoms with van der Waals surface area (Å²) in [7, 11) is 0. The zero-order valence-corrected chi connectivity index (χ0v) is 17.2. The van der Waals surface area contributed by atoms with E-state index in [1.807, 2.05) is 84.9 Å². The number of rotatable bonds is 10. The van der Waals surface area contributed by atoms with Gasteiger partial charge < -0.3 is 10.1 Å². The van der Waals surface area contributed by atoms with Crippen LogP contribution in [-0.4, -0.2) is 18.0 Å². The van der Waals surface area contributed by atoms with E-state index in [1.165, 1.54) is 6.21 Å². The molecule has 6 heteroatoms. The summed E-state index contributed by atoms with van der Waals surface area (Å²) in [5, 5.41) is 6.79. The second kappa shape index (κ2) is 11.9. The highest BCUT2D eigenvalue weighted by Crippen LogP contribution is 2.17. The third kappa shape index (κ3) is 7.78. The smallest absolute Gasteiger partial charge is 0.240 e. The first-order valence-electron chi connectivity index (χ1n) is 10.1. The average Bonchev–Trinajstić information content (AvgIpc) is 2.82. The summed E-state index contributed by atoms with van der Waals surface area (Å²) in [5.41, 5.74) is 5.28. The van der Waals surface area contributed by atoms with Crippen molar-refractivity contribution in [3.8, 4) is 5.75 Å². The van der Waals surface area contributed by atoms with Crippen molar-refractivity contribution < 1.29 is 14.3 Å². The average molecular weight is 415 g/mol. The van der Waals surface area contributed by atoms with Gasteiger partial charge in [-0.3, -0.25) is 9.59 Å². The molecule has 0 bridgehead atoms. The zero-order valence-electron chi connectivity index (χ0n) is 17.2. The molecule has 0 aromatic heterocycles. The topological polar surface area (TPSA) is 79.8 Å². The van der Waals surface area contributed by atoms with E-state index >= 15 is 0 Å². The number of nitrogens with one attached hydrogen (secondary N) is 2. The van der Waals surface area contributed by atoms with Crippen molar-refractivity contribution >= 4 is 18.0 Å². The summed E-state index contributed by atoms with van der Waals surface area (Å²) in [6.45, 7) is 0.884. The minimum Gasteiger partial charge on any atom is -0.488 e. The number of nitrogens with zero attached hydrogens (tertiary/aromatic N) is 1. The van der Waals surface area contributed by atoms with E-state index in [4.69, 9.17) is 4.74 Å².